The van der Waals surface area contributed by atoms with Gasteiger partial charge in [-0.15, -0.1) is 0 Å². The molecule has 1 aromatic carbocycles. The topological polar surface area (TPSA) is 64.3 Å². The molecule has 0 bridgehead atoms. The minimum atomic E-state index is -0.438. The van der Waals surface area contributed by atoms with Gasteiger partial charge in [0.15, 0.2) is 11.6 Å². The van der Waals surface area contributed by atoms with E-state index in [1.807, 2.05) is 6.92 Å². The number of rotatable bonds is 7. The number of carbonyl (C=O) groups excluding carboxylic acids is 1. The van der Waals surface area contributed by atoms with Crippen LogP contribution in [0.5, 0.6) is 5.75 Å². The quantitative estimate of drug-likeness (QED) is 0.749. The highest BCUT2D eigenvalue weighted by Crippen LogP contribution is 2.15. The molecule has 0 heterocycles. The first-order valence-electron chi connectivity index (χ1n) is 5.55. The van der Waals surface area contributed by atoms with E-state index in [-0.39, 0.29) is 12.4 Å². The van der Waals surface area contributed by atoms with Crippen molar-refractivity contribution in [3.63, 3.8) is 0 Å². The van der Waals surface area contributed by atoms with Gasteiger partial charge in [-0.05, 0) is 18.7 Å². The molecule has 0 aliphatic carbocycles. The molecular weight excluding hydrogens is 223 g/mol. The Morgan fingerprint density at radius 1 is 1.53 bits per heavy atom. The second-order valence-corrected chi connectivity index (χ2v) is 3.58. The molecule has 0 spiro atoms. The van der Waals surface area contributed by atoms with Crippen LogP contribution in [0.1, 0.15) is 13.3 Å². The second-order valence-electron chi connectivity index (χ2n) is 3.58. The van der Waals surface area contributed by atoms with Gasteiger partial charge in [-0.1, -0.05) is 19.1 Å². The molecule has 0 saturated carbocycles. The van der Waals surface area contributed by atoms with Crippen molar-refractivity contribution in [3.8, 4) is 5.75 Å². The van der Waals surface area contributed by atoms with Crippen LogP contribution in [0.2, 0.25) is 0 Å². The lowest BCUT2D eigenvalue weighted by atomic mass is 10.2. The van der Waals surface area contributed by atoms with Gasteiger partial charge < -0.3 is 15.8 Å². The van der Waals surface area contributed by atoms with Crippen molar-refractivity contribution in [1.82, 2.24) is 5.32 Å². The van der Waals surface area contributed by atoms with Crippen LogP contribution in [0.15, 0.2) is 24.3 Å². The van der Waals surface area contributed by atoms with Crippen LogP contribution < -0.4 is 15.8 Å². The van der Waals surface area contributed by atoms with Gasteiger partial charge in [0.05, 0.1) is 12.6 Å². The molecule has 3 N–H and O–H groups in total. The number of ether oxygens (including phenoxy) is 1. The van der Waals surface area contributed by atoms with Gasteiger partial charge in [0.2, 0.25) is 5.91 Å². The Labute approximate surface area is 100.0 Å². The molecule has 0 aliphatic rings. The predicted octanol–water partition coefficient (Wildman–Crippen LogP) is 1.06. The van der Waals surface area contributed by atoms with Crippen LogP contribution in [0.3, 0.4) is 0 Å². The average molecular weight is 240 g/mol. The molecule has 1 amide bonds. The van der Waals surface area contributed by atoms with Crippen molar-refractivity contribution in [2.45, 2.75) is 19.4 Å². The first-order chi connectivity index (χ1) is 8.15. The van der Waals surface area contributed by atoms with E-state index in [2.05, 4.69) is 5.32 Å². The van der Waals surface area contributed by atoms with Crippen LogP contribution in [-0.2, 0) is 4.79 Å². The third-order valence-electron chi connectivity index (χ3n) is 2.29. The Balaban J connectivity index is 2.41. The van der Waals surface area contributed by atoms with Crippen LogP contribution in [0.4, 0.5) is 4.39 Å². The number of carbonyl (C=O) groups is 1. The van der Waals surface area contributed by atoms with Crippen molar-refractivity contribution in [1.29, 1.82) is 0 Å². The van der Waals surface area contributed by atoms with Gasteiger partial charge in [-0.2, -0.15) is 0 Å². The molecular formula is C12H17FN2O2. The summed E-state index contributed by atoms with van der Waals surface area (Å²) in [5.41, 5.74) is 5.20. The predicted molar refractivity (Wildman–Crippen MR) is 63.2 cm³/mol. The van der Waals surface area contributed by atoms with E-state index in [0.29, 0.717) is 13.0 Å². The maximum Gasteiger partial charge on any atom is 0.234 e. The molecule has 4 nitrogen and oxygen atoms in total. The summed E-state index contributed by atoms with van der Waals surface area (Å²) in [7, 11) is 0. The van der Waals surface area contributed by atoms with E-state index in [1.54, 1.807) is 18.2 Å². The summed E-state index contributed by atoms with van der Waals surface area (Å²) in [4.78, 5) is 11.0. The molecule has 0 radical (unpaired) electrons. The van der Waals surface area contributed by atoms with E-state index in [9.17, 15) is 9.18 Å². The van der Waals surface area contributed by atoms with Gasteiger partial charge in [0.1, 0.15) is 0 Å². The van der Waals surface area contributed by atoms with Crippen molar-refractivity contribution in [2.75, 3.05) is 13.2 Å². The summed E-state index contributed by atoms with van der Waals surface area (Å²) >= 11 is 0. The summed E-state index contributed by atoms with van der Waals surface area (Å²) in [5, 5.41) is 2.93. The smallest absolute Gasteiger partial charge is 0.234 e. The van der Waals surface area contributed by atoms with Crippen molar-refractivity contribution in [3.05, 3.63) is 30.1 Å². The lowest BCUT2D eigenvalue weighted by molar-refractivity contribution is -0.120. The first kappa shape index (κ1) is 13.4. The number of benzene rings is 1. The molecule has 1 rings (SSSR count). The molecule has 1 atom stereocenters. The van der Waals surface area contributed by atoms with Gasteiger partial charge in [-0.3, -0.25) is 4.79 Å². The van der Waals surface area contributed by atoms with Crippen molar-refractivity contribution < 1.29 is 13.9 Å². The Bertz CT molecular complexity index is 371. The molecule has 5 heteroatoms. The molecule has 0 aromatic heterocycles. The Morgan fingerprint density at radius 3 is 2.82 bits per heavy atom. The summed E-state index contributed by atoms with van der Waals surface area (Å²) in [5.74, 6) is -0.650. The van der Waals surface area contributed by atoms with Gasteiger partial charge in [0, 0.05) is 6.42 Å². The molecule has 1 aromatic rings. The zero-order valence-electron chi connectivity index (χ0n) is 9.78. The number of likely N-dealkylation sites (N-methyl/N-ethyl adjacent to an activating group) is 1. The number of hydrogen-bond acceptors (Lipinski definition) is 3. The van der Waals surface area contributed by atoms with Gasteiger partial charge in [0.25, 0.3) is 0 Å². The van der Waals surface area contributed by atoms with Crippen LogP contribution in [-0.4, -0.2) is 25.1 Å². The Morgan fingerprint density at radius 2 is 2.24 bits per heavy atom. The molecule has 0 aliphatic heterocycles. The van der Waals surface area contributed by atoms with Gasteiger partial charge >= 0.3 is 0 Å². The normalized spacial score (nSPS) is 12.1. The van der Waals surface area contributed by atoms with E-state index < -0.39 is 17.8 Å². The van der Waals surface area contributed by atoms with E-state index in [4.69, 9.17) is 10.5 Å². The molecule has 0 fully saturated rings. The lowest BCUT2D eigenvalue weighted by Crippen LogP contribution is -2.42. The summed E-state index contributed by atoms with van der Waals surface area (Å²) in [6, 6.07) is 5.71. The summed E-state index contributed by atoms with van der Waals surface area (Å²) < 4.78 is 18.4. The van der Waals surface area contributed by atoms with E-state index in [1.165, 1.54) is 6.07 Å². The third kappa shape index (κ3) is 4.40. The fraction of sp³-hybridized carbons (Fsp3) is 0.417. The van der Waals surface area contributed by atoms with Crippen LogP contribution in [0, 0.1) is 5.82 Å². The monoisotopic (exact) mass is 240 g/mol. The number of amides is 1. The minimum Gasteiger partial charge on any atom is -0.490 e. The highest BCUT2D eigenvalue weighted by atomic mass is 19.1. The average Bonchev–Trinajstić information content (AvgIpc) is 2.30. The number of nitrogens with one attached hydrogen (secondary N) is 1. The summed E-state index contributed by atoms with van der Waals surface area (Å²) in [6.45, 7) is 2.77. The molecule has 17 heavy (non-hydrogen) atoms. The molecule has 94 valence electrons. The van der Waals surface area contributed by atoms with Crippen molar-refractivity contribution in [2.24, 2.45) is 5.73 Å². The zero-order chi connectivity index (χ0) is 12.7. The maximum atomic E-state index is 13.2. The number of nitrogens with two attached hydrogens (primary N) is 1. The van der Waals surface area contributed by atoms with E-state index in [0.717, 1.165) is 0 Å². The minimum absolute atomic E-state index is 0.187. The largest absolute Gasteiger partial charge is 0.490 e. The fourth-order valence-electron chi connectivity index (χ4n) is 1.44. The number of hydrogen-bond donors (Lipinski definition) is 2. The van der Waals surface area contributed by atoms with E-state index >= 15 is 0 Å². The fourth-order valence-corrected chi connectivity index (χ4v) is 1.44. The van der Waals surface area contributed by atoms with Crippen molar-refractivity contribution >= 4 is 5.91 Å². The number of para-hydroxylation sites is 1. The first-order valence-corrected chi connectivity index (χ1v) is 5.55. The standard InChI is InChI=1S/C12H17FN2O2/c1-2-15-10(12(14)16)7-8-17-11-6-4-3-5-9(11)13/h3-6,10,15H,2,7-8H2,1H3,(H2,14,16). The zero-order valence-corrected chi connectivity index (χ0v) is 9.78. The van der Waals surface area contributed by atoms with Crippen LogP contribution in [0.25, 0.3) is 0 Å². The molecule has 1 unspecified atom stereocenters. The lowest BCUT2D eigenvalue weighted by Gasteiger charge is -2.14. The third-order valence-corrected chi connectivity index (χ3v) is 2.29. The maximum absolute atomic E-state index is 13.2. The SMILES string of the molecule is CCNC(CCOc1ccccc1F)C(N)=O. The second kappa shape index (κ2) is 6.85. The van der Waals surface area contributed by atoms with Crippen LogP contribution >= 0.6 is 0 Å². The highest BCUT2D eigenvalue weighted by Gasteiger charge is 2.13. The highest BCUT2D eigenvalue weighted by molar-refractivity contribution is 5.79. The number of halogens is 1. The molecule has 0 saturated heterocycles. The van der Waals surface area contributed by atoms with Gasteiger partial charge in [-0.25, -0.2) is 4.39 Å². The number of primary amides is 1. The Kier molecular flexibility index (Phi) is 5.42. The summed E-state index contributed by atoms with van der Waals surface area (Å²) in [6.07, 6.45) is 0.414. The Hall–Kier alpha value is -1.62.